The van der Waals surface area contributed by atoms with Crippen molar-refractivity contribution in [2.24, 2.45) is 18.9 Å². The zero-order valence-electron chi connectivity index (χ0n) is 11.0. The molecule has 0 fully saturated rings. The summed E-state index contributed by atoms with van der Waals surface area (Å²) in [5.41, 5.74) is 0.866. The standard InChI is InChI=1S/C12H20ClN3O2/c1-8(2)4-9(12(17)18)5-14-7-11-10(13)6-15-16(11)3/h6,8-9,14H,4-5,7H2,1-3H3,(H,17,18). The Hall–Kier alpha value is -1.07. The maximum absolute atomic E-state index is 11.1. The fourth-order valence-electron chi connectivity index (χ4n) is 1.84. The van der Waals surface area contributed by atoms with E-state index in [1.165, 1.54) is 0 Å². The number of hydrogen-bond acceptors (Lipinski definition) is 3. The Morgan fingerprint density at radius 1 is 1.61 bits per heavy atom. The van der Waals surface area contributed by atoms with Gasteiger partial charge in [-0.05, 0) is 12.3 Å². The molecule has 1 rings (SSSR count). The van der Waals surface area contributed by atoms with Crippen LogP contribution in [-0.2, 0) is 18.4 Å². The first-order chi connectivity index (χ1) is 8.41. The minimum atomic E-state index is -0.757. The third kappa shape index (κ3) is 4.31. The van der Waals surface area contributed by atoms with Crippen LogP contribution in [0.3, 0.4) is 0 Å². The molecule has 0 aromatic carbocycles. The first kappa shape index (κ1) is 15.0. The van der Waals surface area contributed by atoms with Crippen LogP contribution in [0.4, 0.5) is 0 Å². The molecule has 0 aliphatic carbocycles. The molecule has 0 aliphatic heterocycles. The first-order valence-electron chi connectivity index (χ1n) is 6.01. The average Bonchev–Trinajstić information content (AvgIpc) is 2.58. The zero-order valence-corrected chi connectivity index (χ0v) is 11.7. The summed E-state index contributed by atoms with van der Waals surface area (Å²) in [7, 11) is 1.81. The minimum absolute atomic E-state index is 0.364. The molecule has 0 radical (unpaired) electrons. The third-order valence-electron chi connectivity index (χ3n) is 2.80. The summed E-state index contributed by atoms with van der Waals surface area (Å²) in [4.78, 5) is 11.1. The Labute approximate surface area is 112 Å². The fraction of sp³-hybridized carbons (Fsp3) is 0.667. The van der Waals surface area contributed by atoms with Crippen molar-refractivity contribution in [3.8, 4) is 0 Å². The molecule has 5 nitrogen and oxygen atoms in total. The molecular weight excluding hydrogens is 254 g/mol. The largest absolute Gasteiger partial charge is 0.481 e. The minimum Gasteiger partial charge on any atom is -0.481 e. The molecule has 0 aliphatic rings. The molecule has 0 saturated carbocycles. The van der Waals surface area contributed by atoms with Gasteiger partial charge in [-0.3, -0.25) is 9.48 Å². The van der Waals surface area contributed by atoms with Gasteiger partial charge >= 0.3 is 5.97 Å². The monoisotopic (exact) mass is 273 g/mol. The smallest absolute Gasteiger partial charge is 0.307 e. The number of nitrogens with zero attached hydrogens (tertiary/aromatic N) is 2. The summed E-state index contributed by atoms with van der Waals surface area (Å²) < 4.78 is 1.69. The highest BCUT2D eigenvalue weighted by atomic mass is 35.5. The maximum atomic E-state index is 11.1. The number of aryl methyl sites for hydroxylation is 1. The van der Waals surface area contributed by atoms with Gasteiger partial charge in [0.25, 0.3) is 0 Å². The number of aromatic nitrogens is 2. The van der Waals surface area contributed by atoms with Crippen LogP contribution < -0.4 is 5.32 Å². The molecule has 1 heterocycles. The van der Waals surface area contributed by atoms with Crippen molar-refractivity contribution >= 4 is 17.6 Å². The van der Waals surface area contributed by atoms with Crippen molar-refractivity contribution in [2.45, 2.75) is 26.8 Å². The van der Waals surface area contributed by atoms with E-state index in [2.05, 4.69) is 10.4 Å². The van der Waals surface area contributed by atoms with Crippen LogP contribution in [0.15, 0.2) is 6.20 Å². The van der Waals surface area contributed by atoms with Crippen LogP contribution in [0.5, 0.6) is 0 Å². The third-order valence-corrected chi connectivity index (χ3v) is 3.11. The van der Waals surface area contributed by atoms with Gasteiger partial charge in [0.2, 0.25) is 0 Å². The molecule has 0 spiro atoms. The zero-order chi connectivity index (χ0) is 13.7. The predicted octanol–water partition coefficient (Wildman–Crippen LogP) is 1.91. The van der Waals surface area contributed by atoms with Gasteiger partial charge in [-0.25, -0.2) is 0 Å². The van der Waals surface area contributed by atoms with Gasteiger partial charge in [-0.1, -0.05) is 25.4 Å². The average molecular weight is 274 g/mol. The van der Waals surface area contributed by atoms with E-state index >= 15 is 0 Å². The first-order valence-corrected chi connectivity index (χ1v) is 6.39. The highest BCUT2D eigenvalue weighted by molar-refractivity contribution is 6.31. The van der Waals surface area contributed by atoms with Gasteiger partial charge in [0.05, 0.1) is 22.8 Å². The summed E-state index contributed by atoms with van der Waals surface area (Å²) in [6.07, 6.45) is 2.25. The van der Waals surface area contributed by atoms with Crippen molar-refractivity contribution in [3.63, 3.8) is 0 Å². The van der Waals surface area contributed by atoms with Gasteiger partial charge in [0.1, 0.15) is 0 Å². The second-order valence-corrected chi connectivity index (χ2v) is 5.27. The normalized spacial score (nSPS) is 12.9. The van der Waals surface area contributed by atoms with Crippen LogP contribution in [0.25, 0.3) is 0 Å². The Morgan fingerprint density at radius 2 is 2.28 bits per heavy atom. The molecule has 1 aromatic rings. The molecule has 18 heavy (non-hydrogen) atoms. The van der Waals surface area contributed by atoms with Crippen LogP contribution in [-0.4, -0.2) is 27.4 Å². The highest BCUT2D eigenvalue weighted by Crippen LogP contribution is 2.14. The number of halogens is 1. The summed E-state index contributed by atoms with van der Waals surface area (Å²) in [6.45, 7) is 5.01. The lowest BCUT2D eigenvalue weighted by Crippen LogP contribution is -2.29. The fourth-order valence-corrected chi connectivity index (χ4v) is 2.07. The molecule has 2 N–H and O–H groups in total. The summed E-state index contributed by atoms with van der Waals surface area (Å²) >= 11 is 5.97. The lowest BCUT2D eigenvalue weighted by molar-refractivity contribution is -0.142. The number of carboxylic acids is 1. The molecule has 1 aromatic heterocycles. The van der Waals surface area contributed by atoms with Crippen molar-refractivity contribution in [2.75, 3.05) is 6.54 Å². The van der Waals surface area contributed by atoms with Crippen molar-refractivity contribution in [1.29, 1.82) is 0 Å². The van der Waals surface area contributed by atoms with Gasteiger partial charge in [0, 0.05) is 20.1 Å². The van der Waals surface area contributed by atoms with E-state index in [9.17, 15) is 4.79 Å². The van der Waals surface area contributed by atoms with Gasteiger partial charge in [-0.15, -0.1) is 0 Å². The molecule has 1 atom stereocenters. The number of nitrogens with one attached hydrogen (secondary N) is 1. The van der Waals surface area contributed by atoms with Crippen molar-refractivity contribution < 1.29 is 9.90 Å². The summed E-state index contributed by atoms with van der Waals surface area (Å²) in [5, 5.41) is 16.9. The highest BCUT2D eigenvalue weighted by Gasteiger charge is 2.18. The Kier molecular flexibility index (Phi) is 5.62. The van der Waals surface area contributed by atoms with Gasteiger partial charge < -0.3 is 10.4 Å². The van der Waals surface area contributed by atoms with Crippen LogP contribution in [0, 0.1) is 11.8 Å². The molecular formula is C12H20ClN3O2. The quantitative estimate of drug-likeness (QED) is 0.796. The maximum Gasteiger partial charge on any atom is 0.307 e. The second kappa shape index (κ2) is 6.75. The number of hydrogen-bond donors (Lipinski definition) is 2. The van der Waals surface area contributed by atoms with E-state index in [0.29, 0.717) is 30.5 Å². The molecule has 102 valence electrons. The van der Waals surface area contributed by atoms with Crippen LogP contribution in [0.2, 0.25) is 5.02 Å². The number of aliphatic carboxylic acids is 1. The van der Waals surface area contributed by atoms with E-state index in [1.54, 1.807) is 10.9 Å². The summed E-state index contributed by atoms with van der Waals surface area (Å²) in [5.74, 6) is -0.752. The topological polar surface area (TPSA) is 67.2 Å². The predicted molar refractivity (Wildman–Crippen MR) is 70.5 cm³/mol. The molecule has 6 heteroatoms. The summed E-state index contributed by atoms with van der Waals surface area (Å²) in [6, 6.07) is 0. The van der Waals surface area contributed by atoms with E-state index in [1.807, 2.05) is 20.9 Å². The SMILES string of the molecule is CC(C)CC(CNCc1c(Cl)cnn1C)C(=O)O. The number of carbonyl (C=O) groups is 1. The lowest BCUT2D eigenvalue weighted by atomic mass is 9.97. The lowest BCUT2D eigenvalue weighted by Gasteiger charge is -2.15. The van der Waals surface area contributed by atoms with E-state index in [-0.39, 0.29) is 5.92 Å². The molecule has 0 saturated heterocycles. The molecule has 1 unspecified atom stereocenters. The van der Waals surface area contributed by atoms with Crippen molar-refractivity contribution in [1.82, 2.24) is 15.1 Å². The molecule has 0 bridgehead atoms. The van der Waals surface area contributed by atoms with E-state index in [4.69, 9.17) is 16.7 Å². The van der Waals surface area contributed by atoms with Crippen molar-refractivity contribution in [3.05, 3.63) is 16.9 Å². The number of rotatable bonds is 7. The van der Waals surface area contributed by atoms with E-state index < -0.39 is 5.97 Å². The van der Waals surface area contributed by atoms with Gasteiger partial charge in [-0.2, -0.15) is 5.10 Å². The second-order valence-electron chi connectivity index (χ2n) is 4.86. The Bertz CT molecular complexity index is 385. The van der Waals surface area contributed by atoms with Crippen LogP contribution >= 0.6 is 11.6 Å². The van der Waals surface area contributed by atoms with Crippen LogP contribution in [0.1, 0.15) is 26.0 Å². The Balaban J connectivity index is 2.46. The van der Waals surface area contributed by atoms with Gasteiger partial charge in [0.15, 0.2) is 0 Å². The molecule has 0 amide bonds. The van der Waals surface area contributed by atoms with E-state index in [0.717, 1.165) is 5.69 Å². The Morgan fingerprint density at radius 3 is 2.72 bits per heavy atom. The number of carboxylic acid groups (broad SMARTS) is 1.